The van der Waals surface area contributed by atoms with E-state index < -0.39 is 0 Å². The van der Waals surface area contributed by atoms with E-state index in [-0.39, 0.29) is 6.10 Å². The highest BCUT2D eigenvalue weighted by atomic mass is 35.5. The number of ether oxygens (including phenoxy) is 1. The maximum Gasteiger partial charge on any atom is 0.221 e. The number of hydrogen-bond acceptors (Lipinski definition) is 4. The minimum Gasteiger partial charge on any atom is -0.438 e. The van der Waals surface area contributed by atoms with Crippen LogP contribution in [0.3, 0.4) is 0 Å². The molecule has 0 unspecified atom stereocenters. The van der Waals surface area contributed by atoms with Gasteiger partial charge in [0.15, 0.2) is 5.58 Å². The van der Waals surface area contributed by atoms with Gasteiger partial charge in [0.1, 0.15) is 12.1 Å². The molecule has 0 aliphatic carbocycles. The van der Waals surface area contributed by atoms with Crippen LogP contribution in [0.2, 0.25) is 5.02 Å². The Morgan fingerprint density at radius 1 is 1.50 bits per heavy atom. The molecule has 5 heteroatoms. The Kier molecular flexibility index (Phi) is 3.03. The standard InChI is InChI=1S/C11H13ClN2O2/c1-6(2)15-5-11-14-9-3-7(12)8(13)4-10(9)16-11/h3-4,6H,5,13H2,1-2H3. The fourth-order valence-electron chi connectivity index (χ4n) is 1.31. The van der Waals surface area contributed by atoms with Crippen molar-refractivity contribution in [1.82, 2.24) is 4.98 Å². The Morgan fingerprint density at radius 2 is 2.25 bits per heavy atom. The molecule has 4 nitrogen and oxygen atoms in total. The van der Waals surface area contributed by atoms with Gasteiger partial charge >= 0.3 is 0 Å². The number of nitrogens with two attached hydrogens (primary N) is 1. The summed E-state index contributed by atoms with van der Waals surface area (Å²) in [5, 5.41) is 0.483. The first-order valence-electron chi connectivity index (χ1n) is 5.02. The summed E-state index contributed by atoms with van der Waals surface area (Å²) in [4.78, 5) is 4.25. The number of nitrogen functional groups attached to an aromatic ring is 1. The van der Waals surface area contributed by atoms with Crippen molar-refractivity contribution in [3.05, 3.63) is 23.0 Å². The normalized spacial score (nSPS) is 11.5. The molecule has 16 heavy (non-hydrogen) atoms. The average Bonchev–Trinajstić information content (AvgIpc) is 2.58. The molecule has 0 saturated heterocycles. The molecular formula is C11H13ClN2O2. The molecule has 2 N–H and O–H groups in total. The Labute approximate surface area is 98.3 Å². The number of aromatic nitrogens is 1. The molecule has 2 rings (SSSR count). The van der Waals surface area contributed by atoms with E-state index in [0.29, 0.717) is 34.3 Å². The quantitative estimate of drug-likeness (QED) is 0.838. The van der Waals surface area contributed by atoms with E-state index >= 15 is 0 Å². The van der Waals surface area contributed by atoms with Crippen molar-refractivity contribution in [3.8, 4) is 0 Å². The minimum absolute atomic E-state index is 0.142. The summed E-state index contributed by atoms with van der Waals surface area (Å²) in [7, 11) is 0. The highest BCUT2D eigenvalue weighted by Gasteiger charge is 2.09. The molecule has 0 spiro atoms. The molecule has 86 valence electrons. The fraction of sp³-hybridized carbons (Fsp3) is 0.364. The lowest BCUT2D eigenvalue weighted by molar-refractivity contribution is 0.0526. The van der Waals surface area contributed by atoms with Crippen LogP contribution in [0.25, 0.3) is 11.1 Å². The van der Waals surface area contributed by atoms with E-state index in [1.165, 1.54) is 0 Å². The van der Waals surface area contributed by atoms with Crippen LogP contribution in [-0.4, -0.2) is 11.1 Å². The molecule has 0 radical (unpaired) electrons. The van der Waals surface area contributed by atoms with Crippen LogP contribution < -0.4 is 5.73 Å². The van der Waals surface area contributed by atoms with E-state index in [4.69, 9.17) is 26.5 Å². The van der Waals surface area contributed by atoms with Crippen LogP contribution >= 0.6 is 11.6 Å². The third-order valence-electron chi connectivity index (χ3n) is 2.09. The van der Waals surface area contributed by atoms with Crippen LogP contribution in [0.4, 0.5) is 5.69 Å². The Balaban J connectivity index is 2.29. The first-order chi connectivity index (χ1) is 7.56. The molecule has 0 aliphatic heterocycles. The monoisotopic (exact) mass is 240 g/mol. The van der Waals surface area contributed by atoms with E-state index in [1.54, 1.807) is 12.1 Å². The van der Waals surface area contributed by atoms with Crippen LogP contribution in [0, 0.1) is 0 Å². The number of nitrogens with zero attached hydrogens (tertiary/aromatic N) is 1. The van der Waals surface area contributed by atoms with Gasteiger partial charge in [0.2, 0.25) is 5.89 Å². The van der Waals surface area contributed by atoms with E-state index in [2.05, 4.69) is 4.98 Å². The Bertz CT molecular complexity index is 469. The molecule has 1 heterocycles. The van der Waals surface area contributed by atoms with Gasteiger partial charge in [0.05, 0.1) is 16.8 Å². The van der Waals surface area contributed by atoms with E-state index in [1.807, 2.05) is 13.8 Å². The summed E-state index contributed by atoms with van der Waals surface area (Å²) in [5.74, 6) is 0.533. The number of oxazole rings is 1. The van der Waals surface area contributed by atoms with Gasteiger partial charge < -0.3 is 14.9 Å². The summed E-state index contributed by atoms with van der Waals surface area (Å²) in [6.07, 6.45) is 0.142. The van der Waals surface area contributed by atoms with Crippen LogP contribution in [0.1, 0.15) is 19.7 Å². The van der Waals surface area contributed by atoms with Gasteiger partial charge in [0.25, 0.3) is 0 Å². The smallest absolute Gasteiger partial charge is 0.221 e. The van der Waals surface area contributed by atoms with Gasteiger partial charge in [-0.25, -0.2) is 4.98 Å². The molecule has 0 aliphatic rings. The topological polar surface area (TPSA) is 61.3 Å². The molecule has 2 aromatic rings. The number of benzene rings is 1. The first-order valence-corrected chi connectivity index (χ1v) is 5.40. The fourth-order valence-corrected chi connectivity index (χ4v) is 1.47. The Morgan fingerprint density at radius 3 is 2.94 bits per heavy atom. The lowest BCUT2D eigenvalue weighted by Crippen LogP contribution is -2.02. The van der Waals surface area contributed by atoms with Crippen molar-refractivity contribution >= 4 is 28.4 Å². The van der Waals surface area contributed by atoms with Gasteiger partial charge in [-0.15, -0.1) is 0 Å². The van der Waals surface area contributed by atoms with Gasteiger partial charge in [-0.05, 0) is 19.9 Å². The van der Waals surface area contributed by atoms with Crippen molar-refractivity contribution in [1.29, 1.82) is 0 Å². The second kappa shape index (κ2) is 4.31. The lowest BCUT2D eigenvalue weighted by atomic mass is 10.3. The van der Waals surface area contributed by atoms with Crippen LogP contribution in [0.5, 0.6) is 0 Å². The van der Waals surface area contributed by atoms with E-state index in [0.717, 1.165) is 0 Å². The Hall–Kier alpha value is -1.26. The molecule has 1 aromatic carbocycles. The zero-order valence-corrected chi connectivity index (χ0v) is 9.91. The molecule has 0 bridgehead atoms. The maximum atomic E-state index is 5.89. The SMILES string of the molecule is CC(C)OCc1nc2cc(Cl)c(N)cc2o1. The number of anilines is 1. The van der Waals surface area contributed by atoms with Crippen LogP contribution in [-0.2, 0) is 11.3 Å². The molecule has 1 aromatic heterocycles. The van der Waals surface area contributed by atoms with Gasteiger partial charge in [-0.1, -0.05) is 11.6 Å². The highest BCUT2D eigenvalue weighted by molar-refractivity contribution is 6.33. The third-order valence-corrected chi connectivity index (χ3v) is 2.42. The third kappa shape index (κ3) is 2.28. The summed E-state index contributed by atoms with van der Waals surface area (Å²) in [5.41, 5.74) is 7.48. The molecule has 0 fully saturated rings. The summed E-state index contributed by atoms with van der Waals surface area (Å²) < 4.78 is 10.9. The second-order valence-electron chi connectivity index (χ2n) is 3.81. The van der Waals surface area contributed by atoms with Gasteiger partial charge in [0, 0.05) is 6.07 Å². The summed E-state index contributed by atoms with van der Waals surface area (Å²) in [6, 6.07) is 3.36. The molecule has 0 amide bonds. The average molecular weight is 241 g/mol. The second-order valence-corrected chi connectivity index (χ2v) is 4.22. The van der Waals surface area contributed by atoms with Crippen molar-refractivity contribution < 1.29 is 9.15 Å². The van der Waals surface area contributed by atoms with Gasteiger partial charge in [-0.3, -0.25) is 0 Å². The van der Waals surface area contributed by atoms with Crippen molar-refractivity contribution in [2.24, 2.45) is 0 Å². The van der Waals surface area contributed by atoms with Crippen molar-refractivity contribution in [3.63, 3.8) is 0 Å². The largest absolute Gasteiger partial charge is 0.438 e. The summed E-state index contributed by atoms with van der Waals surface area (Å²) >= 11 is 5.89. The molecule has 0 saturated carbocycles. The number of hydrogen-bond donors (Lipinski definition) is 1. The van der Waals surface area contributed by atoms with Crippen LogP contribution in [0.15, 0.2) is 16.5 Å². The highest BCUT2D eigenvalue weighted by Crippen LogP contribution is 2.26. The lowest BCUT2D eigenvalue weighted by Gasteiger charge is -2.02. The predicted octanol–water partition coefficient (Wildman–Crippen LogP) is 2.99. The maximum absolute atomic E-state index is 5.89. The zero-order valence-electron chi connectivity index (χ0n) is 9.16. The number of rotatable bonds is 3. The summed E-state index contributed by atoms with van der Waals surface area (Å²) in [6.45, 7) is 4.26. The van der Waals surface area contributed by atoms with Crippen molar-refractivity contribution in [2.75, 3.05) is 5.73 Å². The number of halogens is 1. The minimum atomic E-state index is 0.142. The zero-order chi connectivity index (χ0) is 11.7. The molecule has 0 atom stereocenters. The number of fused-ring (bicyclic) bond motifs is 1. The molecular weight excluding hydrogens is 228 g/mol. The van der Waals surface area contributed by atoms with E-state index in [9.17, 15) is 0 Å². The first kappa shape index (κ1) is 11.2. The van der Waals surface area contributed by atoms with Gasteiger partial charge in [-0.2, -0.15) is 0 Å². The predicted molar refractivity (Wildman–Crippen MR) is 63.4 cm³/mol. The van der Waals surface area contributed by atoms with Crippen molar-refractivity contribution in [2.45, 2.75) is 26.6 Å².